The molecule has 0 spiro atoms. The van der Waals surface area contributed by atoms with Crippen molar-refractivity contribution in [1.82, 2.24) is 9.78 Å². The normalized spacial score (nSPS) is 10.3. The van der Waals surface area contributed by atoms with E-state index in [9.17, 15) is 14.0 Å². The molecule has 8 heteroatoms. The summed E-state index contributed by atoms with van der Waals surface area (Å²) in [5.74, 6) is -1.53. The average Bonchev–Trinajstić information content (AvgIpc) is 3.02. The highest BCUT2D eigenvalue weighted by atomic mass is 19.1. The monoisotopic (exact) mass is 406 g/mol. The number of aryl methyl sites for hydroxylation is 1. The molecule has 0 radical (unpaired) electrons. The lowest BCUT2D eigenvalue weighted by atomic mass is 10.1. The van der Waals surface area contributed by atoms with Crippen LogP contribution in [0.5, 0.6) is 0 Å². The number of aromatic nitrogens is 2. The number of carbonyl (C=O) groups excluding carboxylic acids is 2. The lowest BCUT2D eigenvalue weighted by Gasteiger charge is -2.08. The van der Waals surface area contributed by atoms with E-state index in [1.54, 1.807) is 50.2 Å². The molecule has 30 heavy (non-hydrogen) atoms. The van der Waals surface area contributed by atoms with Crippen molar-refractivity contribution in [1.29, 1.82) is 5.26 Å². The summed E-state index contributed by atoms with van der Waals surface area (Å²) >= 11 is 0. The second kappa shape index (κ2) is 9.01. The zero-order valence-corrected chi connectivity index (χ0v) is 16.5. The molecular formula is C22H19FN4O3. The minimum atomic E-state index is -0.669. The Morgan fingerprint density at radius 3 is 2.43 bits per heavy atom. The average molecular weight is 406 g/mol. The first-order chi connectivity index (χ1) is 14.4. The summed E-state index contributed by atoms with van der Waals surface area (Å²) in [5, 5.41) is 15.6. The number of ether oxygens (including phenoxy) is 1. The number of nitrogens with zero attached hydrogens (tertiary/aromatic N) is 3. The number of hydrogen-bond donors (Lipinski definition) is 1. The first kappa shape index (κ1) is 20.7. The van der Waals surface area contributed by atoms with Gasteiger partial charge < -0.3 is 10.1 Å². The molecule has 0 aliphatic rings. The second-order valence-corrected chi connectivity index (χ2v) is 6.59. The Bertz CT molecular complexity index is 1110. The number of amides is 1. The van der Waals surface area contributed by atoms with Gasteiger partial charge in [0.25, 0.3) is 5.91 Å². The quantitative estimate of drug-likeness (QED) is 0.632. The van der Waals surface area contributed by atoms with Gasteiger partial charge in [0.2, 0.25) is 0 Å². The Labute approximate surface area is 172 Å². The van der Waals surface area contributed by atoms with E-state index in [1.165, 1.54) is 16.8 Å². The molecule has 3 rings (SSSR count). The molecule has 1 aromatic heterocycles. The van der Waals surface area contributed by atoms with Gasteiger partial charge >= 0.3 is 5.97 Å². The van der Waals surface area contributed by atoms with Crippen molar-refractivity contribution in [3.63, 3.8) is 0 Å². The van der Waals surface area contributed by atoms with Crippen LogP contribution in [0.4, 0.5) is 10.1 Å². The Morgan fingerprint density at radius 2 is 1.80 bits per heavy atom. The number of halogens is 1. The van der Waals surface area contributed by atoms with E-state index in [4.69, 9.17) is 10.00 Å². The first-order valence-electron chi connectivity index (χ1n) is 9.14. The zero-order valence-electron chi connectivity index (χ0n) is 16.5. The van der Waals surface area contributed by atoms with Gasteiger partial charge in [0.05, 0.1) is 29.6 Å². The number of nitrogens with one attached hydrogen (secondary N) is 1. The fourth-order valence-electron chi connectivity index (χ4n) is 2.97. The third kappa shape index (κ3) is 4.70. The van der Waals surface area contributed by atoms with Crippen molar-refractivity contribution in [3.05, 3.63) is 76.9 Å². The van der Waals surface area contributed by atoms with Gasteiger partial charge in [0.15, 0.2) is 6.61 Å². The van der Waals surface area contributed by atoms with Crippen LogP contribution in [0.3, 0.4) is 0 Å². The summed E-state index contributed by atoms with van der Waals surface area (Å²) in [6.45, 7) is 2.90. The SMILES string of the molecule is Cc1nn(-c2ccc(F)cc2)c(C)c1C(=O)OCC(=O)Nc1ccc(CC#N)cc1. The summed E-state index contributed by atoms with van der Waals surface area (Å²) in [6, 6.07) is 14.6. The molecule has 0 bridgehead atoms. The summed E-state index contributed by atoms with van der Waals surface area (Å²) in [4.78, 5) is 24.6. The zero-order chi connectivity index (χ0) is 21.7. The van der Waals surface area contributed by atoms with E-state index in [1.807, 2.05) is 6.07 Å². The standard InChI is InChI=1S/C22H19FN4O3/c1-14-21(15(2)27(26-14)19-9-5-17(23)6-10-19)22(29)30-13-20(28)25-18-7-3-16(4-8-18)11-12-24/h3-10H,11,13H2,1-2H3,(H,25,28). The van der Waals surface area contributed by atoms with Crippen molar-refractivity contribution in [2.24, 2.45) is 0 Å². The Balaban J connectivity index is 1.64. The van der Waals surface area contributed by atoms with Crippen LogP contribution in [0.15, 0.2) is 48.5 Å². The molecule has 1 amide bonds. The minimum absolute atomic E-state index is 0.257. The van der Waals surface area contributed by atoms with Gasteiger partial charge in [-0.3, -0.25) is 4.79 Å². The highest BCUT2D eigenvalue weighted by Crippen LogP contribution is 2.19. The summed E-state index contributed by atoms with van der Waals surface area (Å²) in [5.41, 5.74) is 3.20. The lowest BCUT2D eigenvalue weighted by Crippen LogP contribution is -2.21. The van der Waals surface area contributed by atoms with Gasteiger partial charge in [0, 0.05) is 5.69 Å². The maximum absolute atomic E-state index is 13.1. The van der Waals surface area contributed by atoms with Gasteiger partial charge in [0.1, 0.15) is 11.4 Å². The van der Waals surface area contributed by atoms with E-state index in [-0.39, 0.29) is 17.8 Å². The molecule has 1 heterocycles. The van der Waals surface area contributed by atoms with Gasteiger partial charge in [-0.05, 0) is 55.8 Å². The molecule has 3 aromatic rings. The fourth-order valence-corrected chi connectivity index (χ4v) is 2.97. The number of hydrogen-bond acceptors (Lipinski definition) is 5. The topological polar surface area (TPSA) is 97.0 Å². The minimum Gasteiger partial charge on any atom is -0.452 e. The van der Waals surface area contributed by atoms with Crippen molar-refractivity contribution >= 4 is 17.6 Å². The van der Waals surface area contributed by atoms with E-state index in [2.05, 4.69) is 10.4 Å². The lowest BCUT2D eigenvalue weighted by molar-refractivity contribution is -0.119. The van der Waals surface area contributed by atoms with Crippen LogP contribution in [0.25, 0.3) is 5.69 Å². The van der Waals surface area contributed by atoms with Crippen LogP contribution >= 0.6 is 0 Å². The van der Waals surface area contributed by atoms with Crippen LogP contribution in [0.1, 0.15) is 27.3 Å². The molecule has 7 nitrogen and oxygen atoms in total. The van der Waals surface area contributed by atoms with E-state index < -0.39 is 18.5 Å². The van der Waals surface area contributed by atoms with Crippen molar-refractivity contribution in [2.75, 3.05) is 11.9 Å². The Hall–Kier alpha value is -3.99. The molecule has 0 aliphatic carbocycles. The third-order valence-corrected chi connectivity index (χ3v) is 4.42. The van der Waals surface area contributed by atoms with Crippen LogP contribution in [0, 0.1) is 31.0 Å². The smallest absolute Gasteiger partial charge is 0.342 e. The first-order valence-corrected chi connectivity index (χ1v) is 9.14. The molecule has 0 aliphatic heterocycles. The molecule has 0 saturated heterocycles. The molecule has 0 unspecified atom stereocenters. The maximum Gasteiger partial charge on any atom is 0.342 e. The van der Waals surface area contributed by atoms with Gasteiger partial charge in [-0.15, -0.1) is 0 Å². The largest absolute Gasteiger partial charge is 0.452 e. The summed E-state index contributed by atoms with van der Waals surface area (Å²) < 4.78 is 19.8. The molecule has 1 N–H and O–H groups in total. The molecule has 0 atom stereocenters. The van der Waals surface area contributed by atoms with Crippen molar-refractivity contribution < 1.29 is 18.7 Å². The highest BCUT2D eigenvalue weighted by Gasteiger charge is 2.21. The third-order valence-electron chi connectivity index (χ3n) is 4.42. The van der Waals surface area contributed by atoms with Crippen LogP contribution in [-0.4, -0.2) is 28.3 Å². The summed E-state index contributed by atoms with van der Waals surface area (Å²) in [7, 11) is 0. The van der Waals surface area contributed by atoms with Crippen LogP contribution in [0.2, 0.25) is 0 Å². The molecule has 0 fully saturated rings. The van der Waals surface area contributed by atoms with Crippen molar-refractivity contribution in [3.8, 4) is 11.8 Å². The van der Waals surface area contributed by atoms with Gasteiger partial charge in [-0.2, -0.15) is 10.4 Å². The van der Waals surface area contributed by atoms with E-state index >= 15 is 0 Å². The van der Waals surface area contributed by atoms with E-state index in [0.717, 1.165) is 5.56 Å². The predicted octanol–water partition coefficient (Wildman–Crippen LogP) is 3.49. The molecular weight excluding hydrogens is 387 g/mol. The molecule has 152 valence electrons. The van der Waals surface area contributed by atoms with Gasteiger partial charge in [-0.25, -0.2) is 13.9 Å². The fraction of sp³-hybridized carbons (Fsp3) is 0.182. The van der Waals surface area contributed by atoms with E-state index in [0.29, 0.717) is 22.8 Å². The van der Waals surface area contributed by atoms with Crippen molar-refractivity contribution in [2.45, 2.75) is 20.3 Å². The molecule has 0 saturated carbocycles. The highest BCUT2D eigenvalue weighted by molar-refractivity contribution is 5.96. The Kier molecular flexibility index (Phi) is 6.23. The number of anilines is 1. The van der Waals surface area contributed by atoms with Gasteiger partial charge in [-0.1, -0.05) is 12.1 Å². The number of esters is 1. The maximum atomic E-state index is 13.1. The summed E-state index contributed by atoms with van der Waals surface area (Å²) in [6.07, 6.45) is 0.288. The number of nitriles is 1. The number of benzene rings is 2. The number of rotatable bonds is 6. The second-order valence-electron chi connectivity index (χ2n) is 6.59. The van der Waals surface area contributed by atoms with Crippen LogP contribution in [-0.2, 0) is 16.0 Å². The predicted molar refractivity (Wildman–Crippen MR) is 108 cm³/mol. The number of carbonyl (C=O) groups is 2. The van der Waals surface area contributed by atoms with Crippen LogP contribution < -0.4 is 5.32 Å². The molecule has 2 aromatic carbocycles. The Morgan fingerprint density at radius 1 is 1.13 bits per heavy atom.